The molecule has 2 saturated heterocycles. The van der Waals surface area contributed by atoms with E-state index in [2.05, 4.69) is 45.5 Å². The number of anilines is 2. The van der Waals surface area contributed by atoms with Crippen molar-refractivity contribution < 1.29 is 24.5 Å². The largest absolute Gasteiger partial charge is 0.508 e. The van der Waals surface area contributed by atoms with Crippen molar-refractivity contribution in [2.24, 2.45) is 5.92 Å². The second-order valence-corrected chi connectivity index (χ2v) is 15.7. The molecule has 2 N–H and O–H groups in total. The first-order chi connectivity index (χ1) is 27.0. The number of carbonyl (C=O) groups excluding carboxylic acids is 2. The minimum Gasteiger partial charge on any atom is -0.508 e. The monoisotopic (exact) mass is 777 g/mol. The lowest BCUT2D eigenvalue weighted by Gasteiger charge is -2.42. The molecule has 0 radical (unpaired) electrons. The van der Waals surface area contributed by atoms with Crippen LogP contribution in [0.2, 0.25) is 5.02 Å². The summed E-state index contributed by atoms with van der Waals surface area (Å²) in [6.45, 7) is 12.7. The number of amides is 1. The third-order valence-corrected chi connectivity index (χ3v) is 11.6. The van der Waals surface area contributed by atoms with Gasteiger partial charge < -0.3 is 34.5 Å². The summed E-state index contributed by atoms with van der Waals surface area (Å²) >= 11 is 6.75. The predicted octanol–water partition coefficient (Wildman–Crippen LogP) is 6.47. The van der Waals surface area contributed by atoms with Crippen LogP contribution >= 0.6 is 11.6 Å². The van der Waals surface area contributed by atoms with E-state index in [1.807, 2.05) is 32.0 Å². The normalized spacial score (nSPS) is 18.6. The van der Waals surface area contributed by atoms with Crippen LogP contribution < -0.4 is 14.5 Å². The van der Waals surface area contributed by atoms with E-state index < -0.39 is 0 Å². The van der Waals surface area contributed by atoms with Crippen LogP contribution in [0.4, 0.5) is 11.5 Å². The van der Waals surface area contributed by atoms with Gasteiger partial charge in [0.25, 0.3) is 0 Å². The Hall–Kier alpha value is -5.38. The Morgan fingerprint density at radius 3 is 2.62 bits per heavy atom. The number of hydrogen-bond donors (Lipinski definition) is 2. The Balaban J connectivity index is 1.08. The van der Waals surface area contributed by atoms with Gasteiger partial charge in [-0.2, -0.15) is 15.2 Å². The first-order valence-corrected chi connectivity index (χ1v) is 19.7. The number of rotatable bonds is 12. The summed E-state index contributed by atoms with van der Waals surface area (Å²) in [5.74, 6) is 0.430. The number of ketones is 1. The number of benzene rings is 3. The number of phenols is 2. The number of ether oxygens (including phenoxy) is 1. The minimum atomic E-state index is -0.307. The number of halogens is 1. The standard InChI is InChI=1S/C43H48ClN7O5/c1-4-40(55)51-20-19-50(24-30(51)11-15-45)42-31-13-18-49(36-10-6-8-29-7-5-9-34(44)41(29)36)25-35(31)46-43(47-42)56-26-28-12-16-48(23-28)17-14-37(52)33-21-32(27(2)3)38(53)22-39(33)54/h4-10,21-22,27-28,30,53-54H,1,11-14,16-20,23-26H2,2-3H3. The van der Waals surface area contributed by atoms with Crippen LogP contribution in [-0.4, -0.2) is 100 Å². The number of nitriles is 1. The molecule has 292 valence electrons. The van der Waals surface area contributed by atoms with Crippen LogP contribution in [0.15, 0.2) is 61.2 Å². The first kappa shape index (κ1) is 38.9. The zero-order valence-corrected chi connectivity index (χ0v) is 32.7. The zero-order valence-electron chi connectivity index (χ0n) is 32.0. The van der Waals surface area contributed by atoms with Crippen molar-refractivity contribution in [1.82, 2.24) is 19.8 Å². The van der Waals surface area contributed by atoms with Crippen LogP contribution in [-0.2, 0) is 17.8 Å². The fourth-order valence-corrected chi connectivity index (χ4v) is 8.59. The van der Waals surface area contributed by atoms with Crippen LogP contribution in [0.5, 0.6) is 17.5 Å². The minimum absolute atomic E-state index is 0.00992. The van der Waals surface area contributed by atoms with Gasteiger partial charge in [-0.15, -0.1) is 0 Å². The average Bonchev–Trinajstić information content (AvgIpc) is 3.66. The molecular weight excluding hydrogens is 730 g/mol. The predicted molar refractivity (Wildman–Crippen MR) is 217 cm³/mol. The van der Waals surface area contributed by atoms with E-state index in [0.717, 1.165) is 59.6 Å². The molecule has 4 aromatic rings. The van der Waals surface area contributed by atoms with E-state index in [-0.39, 0.29) is 65.5 Å². The highest BCUT2D eigenvalue weighted by molar-refractivity contribution is 6.36. The van der Waals surface area contributed by atoms with Crippen molar-refractivity contribution in [2.75, 3.05) is 62.2 Å². The van der Waals surface area contributed by atoms with Crippen LogP contribution in [0, 0.1) is 17.2 Å². The van der Waals surface area contributed by atoms with Gasteiger partial charge in [-0.05, 0) is 60.5 Å². The zero-order chi connectivity index (χ0) is 39.5. The number of Topliss-reactive ketones (excluding diaryl/α,β-unsaturated/α-hetero) is 1. The maximum atomic E-state index is 13.1. The molecule has 13 heteroatoms. The van der Waals surface area contributed by atoms with Gasteiger partial charge in [0.1, 0.15) is 17.3 Å². The number of aromatic nitrogens is 2. The third kappa shape index (κ3) is 8.11. The van der Waals surface area contributed by atoms with E-state index in [1.165, 1.54) is 12.1 Å². The van der Waals surface area contributed by atoms with Gasteiger partial charge in [0.15, 0.2) is 5.78 Å². The maximum Gasteiger partial charge on any atom is 0.318 e. The van der Waals surface area contributed by atoms with Crippen molar-refractivity contribution in [3.05, 3.63) is 88.6 Å². The summed E-state index contributed by atoms with van der Waals surface area (Å²) in [5.41, 5.74) is 3.82. The number of likely N-dealkylation sites (tertiary alicyclic amines) is 1. The van der Waals surface area contributed by atoms with Crippen molar-refractivity contribution in [3.8, 4) is 23.6 Å². The van der Waals surface area contributed by atoms with Gasteiger partial charge in [-0.25, -0.2) is 0 Å². The summed E-state index contributed by atoms with van der Waals surface area (Å²) in [6.07, 6.45) is 3.33. The number of aromatic hydroxyl groups is 2. The van der Waals surface area contributed by atoms with Gasteiger partial charge in [0.2, 0.25) is 5.91 Å². The van der Waals surface area contributed by atoms with Crippen molar-refractivity contribution in [2.45, 2.75) is 58.0 Å². The molecule has 0 saturated carbocycles. The third-order valence-electron chi connectivity index (χ3n) is 11.3. The highest BCUT2D eigenvalue weighted by atomic mass is 35.5. The molecule has 56 heavy (non-hydrogen) atoms. The number of hydrogen-bond acceptors (Lipinski definition) is 11. The van der Waals surface area contributed by atoms with E-state index in [9.17, 15) is 25.1 Å². The number of carbonyl (C=O) groups is 2. The van der Waals surface area contributed by atoms with Gasteiger partial charge in [-0.1, -0.05) is 56.3 Å². The topological polar surface area (TPSA) is 146 Å². The molecule has 1 aromatic heterocycles. The summed E-state index contributed by atoms with van der Waals surface area (Å²) in [5, 5.41) is 33.0. The fourth-order valence-electron chi connectivity index (χ4n) is 8.31. The first-order valence-electron chi connectivity index (χ1n) is 19.4. The lowest BCUT2D eigenvalue weighted by atomic mass is 9.96. The summed E-state index contributed by atoms with van der Waals surface area (Å²) in [4.78, 5) is 44.2. The van der Waals surface area contributed by atoms with E-state index >= 15 is 0 Å². The van der Waals surface area contributed by atoms with Crippen molar-refractivity contribution >= 4 is 45.6 Å². The number of phenolic OH excluding ortho intramolecular Hbond substituents is 2. The fraction of sp³-hybridized carbons (Fsp3) is 0.419. The van der Waals surface area contributed by atoms with E-state index in [0.29, 0.717) is 56.3 Å². The Morgan fingerprint density at radius 1 is 1.05 bits per heavy atom. The van der Waals surface area contributed by atoms with Crippen molar-refractivity contribution in [3.63, 3.8) is 0 Å². The average molecular weight is 778 g/mol. The van der Waals surface area contributed by atoms with Gasteiger partial charge >= 0.3 is 6.01 Å². The molecule has 3 aromatic carbocycles. The molecule has 0 spiro atoms. The molecule has 1 amide bonds. The Kier molecular flexibility index (Phi) is 11.6. The lowest BCUT2D eigenvalue weighted by Crippen LogP contribution is -2.55. The van der Waals surface area contributed by atoms with E-state index in [4.69, 9.17) is 26.3 Å². The number of piperazine rings is 1. The summed E-state index contributed by atoms with van der Waals surface area (Å²) < 4.78 is 6.41. The van der Waals surface area contributed by atoms with Gasteiger partial charge in [0.05, 0.1) is 48.0 Å². The quantitative estimate of drug-likeness (QED) is 0.121. The van der Waals surface area contributed by atoms with Crippen LogP contribution in [0.25, 0.3) is 10.8 Å². The smallest absolute Gasteiger partial charge is 0.318 e. The molecule has 0 aliphatic carbocycles. The molecule has 7 rings (SSSR count). The van der Waals surface area contributed by atoms with Crippen LogP contribution in [0.3, 0.4) is 0 Å². The Bertz CT molecular complexity index is 2180. The molecule has 2 fully saturated rings. The highest BCUT2D eigenvalue weighted by Crippen LogP contribution is 2.38. The summed E-state index contributed by atoms with van der Waals surface area (Å²) in [7, 11) is 0. The molecule has 3 aliphatic heterocycles. The highest BCUT2D eigenvalue weighted by Gasteiger charge is 2.34. The van der Waals surface area contributed by atoms with Crippen molar-refractivity contribution in [1.29, 1.82) is 5.26 Å². The maximum absolute atomic E-state index is 13.1. The number of nitrogens with zero attached hydrogens (tertiary/aromatic N) is 7. The van der Waals surface area contributed by atoms with Gasteiger partial charge in [-0.3, -0.25) is 9.59 Å². The molecule has 2 unspecified atom stereocenters. The second kappa shape index (κ2) is 16.8. The molecule has 3 aliphatic rings. The molecule has 4 heterocycles. The van der Waals surface area contributed by atoms with Crippen LogP contribution in [0.1, 0.15) is 66.2 Å². The van der Waals surface area contributed by atoms with Gasteiger partial charge in [0, 0.05) is 74.3 Å². The molecule has 0 bridgehead atoms. The molecular formula is C43H48ClN7O5. The SMILES string of the molecule is C=CC(=O)N1CCN(c2nc(OCC3CCN(CCC(=O)c4cc(C(C)C)c(O)cc4O)C3)nc3c2CCN(c2cccc4cccc(Cl)c24)C3)CC1CC#N. The van der Waals surface area contributed by atoms with E-state index in [1.54, 1.807) is 11.0 Å². The molecule has 12 nitrogen and oxygen atoms in total. The second-order valence-electron chi connectivity index (χ2n) is 15.3. The molecule has 2 atom stereocenters. The number of fused-ring (bicyclic) bond motifs is 2. The summed E-state index contributed by atoms with van der Waals surface area (Å²) in [6, 6.07) is 17.2. The Morgan fingerprint density at radius 2 is 1.86 bits per heavy atom. The lowest BCUT2D eigenvalue weighted by molar-refractivity contribution is -0.128. The Labute approximate surface area is 332 Å².